The van der Waals surface area contributed by atoms with Crippen LogP contribution < -0.4 is 14.9 Å². The van der Waals surface area contributed by atoms with Crippen LogP contribution in [0.15, 0.2) is 47.6 Å². The molecule has 0 aromatic heterocycles. The number of nitrogens with zero attached hydrogens (tertiary/aromatic N) is 1. The molecule has 0 fully saturated rings. The van der Waals surface area contributed by atoms with Gasteiger partial charge in [-0.15, -0.1) is 0 Å². The maximum Gasteiger partial charge on any atom is 0.417 e. The summed E-state index contributed by atoms with van der Waals surface area (Å²) in [5.74, 6) is 0.149. The Bertz CT molecular complexity index is 867. The number of ether oxygens (including phenoxy) is 2. The third kappa shape index (κ3) is 6.79. The van der Waals surface area contributed by atoms with Crippen LogP contribution >= 0.6 is 0 Å². The first-order valence-electron chi connectivity index (χ1n) is 9.67. The van der Waals surface area contributed by atoms with Gasteiger partial charge < -0.3 is 9.47 Å². The number of benzene rings is 2. The van der Waals surface area contributed by atoms with Crippen molar-refractivity contribution in [1.82, 2.24) is 5.43 Å². The van der Waals surface area contributed by atoms with Crippen molar-refractivity contribution < 1.29 is 27.4 Å². The summed E-state index contributed by atoms with van der Waals surface area (Å²) >= 11 is 0. The molecule has 1 amide bonds. The molecule has 0 aliphatic heterocycles. The van der Waals surface area contributed by atoms with Crippen LogP contribution in [0.4, 0.5) is 13.2 Å². The van der Waals surface area contributed by atoms with E-state index in [0.29, 0.717) is 23.7 Å². The molecule has 0 saturated heterocycles. The van der Waals surface area contributed by atoms with E-state index in [1.54, 1.807) is 18.2 Å². The Morgan fingerprint density at radius 1 is 1.10 bits per heavy atom. The van der Waals surface area contributed by atoms with Gasteiger partial charge in [0, 0.05) is 0 Å². The Morgan fingerprint density at radius 2 is 1.87 bits per heavy atom. The topological polar surface area (TPSA) is 59.9 Å². The summed E-state index contributed by atoms with van der Waals surface area (Å²) in [7, 11) is 1.51. The molecule has 0 atom stereocenters. The molecule has 2 aromatic carbocycles. The predicted molar refractivity (Wildman–Crippen MR) is 109 cm³/mol. The summed E-state index contributed by atoms with van der Waals surface area (Å²) in [5, 5.41) is 3.75. The van der Waals surface area contributed by atoms with Gasteiger partial charge in [-0.2, -0.15) is 18.3 Å². The second-order valence-electron chi connectivity index (χ2n) is 6.56. The third-order valence-electron chi connectivity index (χ3n) is 4.30. The van der Waals surface area contributed by atoms with E-state index in [1.165, 1.54) is 25.5 Å². The lowest BCUT2D eigenvalue weighted by Crippen LogP contribution is -2.22. The molecule has 8 heteroatoms. The minimum Gasteiger partial charge on any atom is -0.493 e. The molecule has 0 unspecified atom stereocenters. The van der Waals surface area contributed by atoms with Crippen molar-refractivity contribution in [3.05, 3.63) is 59.2 Å². The van der Waals surface area contributed by atoms with Crippen molar-refractivity contribution in [2.45, 2.75) is 38.8 Å². The standard InChI is InChI=1S/C22H25F3N2O3/c1-3-4-5-8-13-30-19-12-11-16(14-20(19)29-2)15-26-27-21(28)17-9-6-7-10-18(17)22(23,24)25/h6-7,9-12,14-15H,3-5,8,13H2,1-2H3,(H,27,28)/b26-15+. The van der Waals surface area contributed by atoms with Gasteiger partial charge in [0.25, 0.3) is 5.91 Å². The van der Waals surface area contributed by atoms with Crippen molar-refractivity contribution in [2.24, 2.45) is 5.10 Å². The summed E-state index contributed by atoms with van der Waals surface area (Å²) in [6.07, 6.45) is 1.05. The number of methoxy groups -OCH3 is 1. The number of carbonyl (C=O) groups is 1. The lowest BCUT2D eigenvalue weighted by atomic mass is 10.1. The van der Waals surface area contributed by atoms with E-state index in [-0.39, 0.29) is 0 Å². The van der Waals surface area contributed by atoms with Crippen LogP contribution in [0.2, 0.25) is 0 Å². The number of hydrazone groups is 1. The zero-order valence-electron chi connectivity index (χ0n) is 17.0. The quantitative estimate of drug-likeness (QED) is 0.315. The molecule has 0 heterocycles. The predicted octanol–water partition coefficient (Wildman–Crippen LogP) is 5.44. The molecule has 30 heavy (non-hydrogen) atoms. The molecule has 1 N–H and O–H groups in total. The molecule has 2 rings (SSSR count). The number of rotatable bonds is 10. The Labute approximate surface area is 173 Å². The smallest absolute Gasteiger partial charge is 0.417 e. The van der Waals surface area contributed by atoms with Crippen molar-refractivity contribution in [3.8, 4) is 11.5 Å². The fraction of sp³-hybridized carbons (Fsp3) is 0.364. The molecule has 0 saturated carbocycles. The van der Waals surface area contributed by atoms with Crippen LogP contribution in [-0.4, -0.2) is 25.8 Å². The highest BCUT2D eigenvalue weighted by atomic mass is 19.4. The highest BCUT2D eigenvalue weighted by molar-refractivity contribution is 5.96. The highest BCUT2D eigenvalue weighted by Gasteiger charge is 2.34. The van der Waals surface area contributed by atoms with E-state index in [9.17, 15) is 18.0 Å². The van der Waals surface area contributed by atoms with Crippen molar-refractivity contribution in [2.75, 3.05) is 13.7 Å². The molecule has 0 spiro atoms. The molecule has 0 aliphatic rings. The Hall–Kier alpha value is -3.03. The van der Waals surface area contributed by atoms with E-state index in [1.807, 2.05) is 0 Å². The van der Waals surface area contributed by atoms with E-state index in [4.69, 9.17) is 9.47 Å². The maximum absolute atomic E-state index is 13.0. The van der Waals surface area contributed by atoms with Crippen LogP contribution in [0.5, 0.6) is 11.5 Å². The van der Waals surface area contributed by atoms with Gasteiger partial charge in [0.15, 0.2) is 11.5 Å². The number of nitrogens with one attached hydrogen (secondary N) is 1. The van der Waals surface area contributed by atoms with E-state index in [0.717, 1.165) is 37.8 Å². The van der Waals surface area contributed by atoms with Crippen molar-refractivity contribution in [3.63, 3.8) is 0 Å². The molecule has 0 radical (unpaired) electrons. The van der Waals surface area contributed by atoms with E-state index >= 15 is 0 Å². The molecule has 5 nitrogen and oxygen atoms in total. The SMILES string of the molecule is CCCCCCOc1ccc(/C=N/NC(=O)c2ccccc2C(F)(F)F)cc1OC. The lowest BCUT2D eigenvalue weighted by Gasteiger charge is -2.11. The number of amides is 1. The lowest BCUT2D eigenvalue weighted by molar-refractivity contribution is -0.137. The molecular formula is C22H25F3N2O3. The molecule has 0 bridgehead atoms. The maximum atomic E-state index is 13.0. The minimum absolute atomic E-state index is 0.494. The normalized spacial score (nSPS) is 11.5. The fourth-order valence-electron chi connectivity index (χ4n) is 2.75. The fourth-order valence-corrected chi connectivity index (χ4v) is 2.75. The van der Waals surface area contributed by atoms with E-state index in [2.05, 4.69) is 17.5 Å². The largest absolute Gasteiger partial charge is 0.493 e. The second-order valence-corrected chi connectivity index (χ2v) is 6.56. The third-order valence-corrected chi connectivity index (χ3v) is 4.30. The van der Waals surface area contributed by atoms with Gasteiger partial charge in [-0.1, -0.05) is 38.3 Å². The molecule has 2 aromatic rings. The summed E-state index contributed by atoms with van der Waals surface area (Å²) in [6.45, 7) is 2.72. The van der Waals surface area contributed by atoms with Gasteiger partial charge in [0.1, 0.15) is 0 Å². The highest BCUT2D eigenvalue weighted by Crippen LogP contribution is 2.32. The second kappa shape index (κ2) is 11.2. The summed E-state index contributed by atoms with van der Waals surface area (Å²) in [6, 6.07) is 9.64. The average Bonchev–Trinajstić information content (AvgIpc) is 2.73. The summed E-state index contributed by atoms with van der Waals surface area (Å²) < 4.78 is 50.1. The molecule has 162 valence electrons. The number of hydrogen-bond acceptors (Lipinski definition) is 4. The van der Waals surface area contributed by atoms with Crippen LogP contribution in [-0.2, 0) is 6.18 Å². The Kier molecular flexibility index (Phi) is 8.70. The number of unbranched alkanes of at least 4 members (excludes halogenated alkanes) is 3. The first-order chi connectivity index (χ1) is 14.4. The first-order valence-corrected chi connectivity index (χ1v) is 9.67. The van der Waals surface area contributed by atoms with Crippen LogP contribution in [0.25, 0.3) is 0 Å². The van der Waals surface area contributed by atoms with Gasteiger partial charge in [-0.05, 0) is 42.3 Å². The summed E-state index contributed by atoms with van der Waals surface area (Å²) in [4.78, 5) is 12.1. The van der Waals surface area contributed by atoms with Gasteiger partial charge in [-0.3, -0.25) is 4.79 Å². The van der Waals surface area contributed by atoms with Gasteiger partial charge in [-0.25, -0.2) is 5.43 Å². The number of carbonyl (C=O) groups excluding carboxylic acids is 1. The molecule has 0 aliphatic carbocycles. The first kappa shape index (κ1) is 23.3. The Morgan fingerprint density at radius 3 is 2.57 bits per heavy atom. The monoisotopic (exact) mass is 422 g/mol. The molecular weight excluding hydrogens is 397 g/mol. The van der Waals surface area contributed by atoms with Crippen molar-refractivity contribution >= 4 is 12.1 Å². The van der Waals surface area contributed by atoms with Crippen LogP contribution in [0, 0.1) is 0 Å². The zero-order chi connectivity index (χ0) is 22.0. The van der Waals surface area contributed by atoms with E-state index < -0.39 is 23.2 Å². The van der Waals surface area contributed by atoms with Gasteiger partial charge in [0.2, 0.25) is 0 Å². The average molecular weight is 422 g/mol. The number of alkyl halides is 3. The number of halogens is 3. The van der Waals surface area contributed by atoms with Crippen LogP contribution in [0.3, 0.4) is 0 Å². The van der Waals surface area contributed by atoms with Gasteiger partial charge in [0.05, 0.1) is 31.1 Å². The minimum atomic E-state index is -4.63. The number of hydrogen-bond donors (Lipinski definition) is 1. The Balaban J connectivity index is 2.00. The van der Waals surface area contributed by atoms with Crippen LogP contribution in [0.1, 0.15) is 54.1 Å². The zero-order valence-corrected chi connectivity index (χ0v) is 17.0. The summed E-state index contributed by atoms with van der Waals surface area (Å²) in [5.41, 5.74) is 1.21. The van der Waals surface area contributed by atoms with Gasteiger partial charge >= 0.3 is 6.18 Å². The van der Waals surface area contributed by atoms with Crippen molar-refractivity contribution in [1.29, 1.82) is 0 Å².